The first-order valence-corrected chi connectivity index (χ1v) is 7.41. The molecule has 4 heteroatoms. The lowest BCUT2D eigenvalue weighted by molar-refractivity contribution is -0.0530. The molecule has 0 amide bonds. The maximum Gasteiger partial charge on any atom is 0.159 e. The van der Waals surface area contributed by atoms with Crippen molar-refractivity contribution in [1.82, 2.24) is 5.32 Å². The van der Waals surface area contributed by atoms with Crippen LogP contribution in [0, 0.1) is 0 Å². The Bertz CT molecular complexity index is 374. The molecule has 2 rings (SSSR count). The fourth-order valence-electron chi connectivity index (χ4n) is 2.50. The van der Waals surface area contributed by atoms with Crippen molar-refractivity contribution in [2.24, 2.45) is 0 Å². The highest BCUT2D eigenvalue weighted by atomic mass is 16.7. The van der Waals surface area contributed by atoms with Gasteiger partial charge in [-0.2, -0.15) is 0 Å². The molecule has 112 valence electrons. The van der Waals surface area contributed by atoms with Crippen LogP contribution in [0.5, 0.6) is 5.75 Å². The zero-order valence-electron chi connectivity index (χ0n) is 12.4. The summed E-state index contributed by atoms with van der Waals surface area (Å²) in [7, 11) is 1.69. The summed E-state index contributed by atoms with van der Waals surface area (Å²) in [5.41, 5.74) is 1.34. The van der Waals surface area contributed by atoms with Gasteiger partial charge in [-0.05, 0) is 37.1 Å². The number of hydrogen-bond acceptors (Lipinski definition) is 4. The van der Waals surface area contributed by atoms with Crippen LogP contribution in [0.25, 0.3) is 0 Å². The second kappa shape index (κ2) is 8.25. The van der Waals surface area contributed by atoms with E-state index in [0.717, 1.165) is 44.8 Å². The SMILES string of the molecule is CCNC(CCc1ccc(OC)cc1)CC1OCCO1. The van der Waals surface area contributed by atoms with E-state index in [1.54, 1.807) is 7.11 Å². The lowest BCUT2D eigenvalue weighted by Crippen LogP contribution is -2.33. The minimum Gasteiger partial charge on any atom is -0.497 e. The third kappa shape index (κ3) is 4.78. The van der Waals surface area contributed by atoms with Gasteiger partial charge >= 0.3 is 0 Å². The van der Waals surface area contributed by atoms with E-state index >= 15 is 0 Å². The molecular weight excluding hydrogens is 254 g/mol. The van der Waals surface area contributed by atoms with Crippen molar-refractivity contribution < 1.29 is 14.2 Å². The Balaban J connectivity index is 1.80. The molecular formula is C16H25NO3. The quantitative estimate of drug-likeness (QED) is 0.793. The molecule has 0 radical (unpaired) electrons. The van der Waals surface area contributed by atoms with Crippen LogP contribution in [-0.4, -0.2) is 39.2 Å². The Kier molecular flexibility index (Phi) is 6.30. The number of aryl methyl sites for hydroxylation is 1. The highest BCUT2D eigenvalue weighted by Crippen LogP contribution is 2.16. The van der Waals surface area contributed by atoms with Gasteiger partial charge in [0.05, 0.1) is 20.3 Å². The third-order valence-corrected chi connectivity index (χ3v) is 3.60. The zero-order chi connectivity index (χ0) is 14.2. The first-order chi connectivity index (χ1) is 9.81. The molecule has 4 nitrogen and oxygen atoms in total. The van der Waals surface area contributed by atoms with Crippen molar-refractivity contribution >= 4 is 0 Å². The van der Waals surface area contributed by atoms with Gasteiger partial charge in [0.2, 0.25) is 0 Å². The monoisotopic (exact) mass is 279 g/mol. The average molecular weight is 279 g/mol. The second-order valence-electron chi connectivity index (χ2n) is 5.05. The van der Waals surface area contributed by atoms with Gasteiger partial charge in [0.25, 0.3) is 0 Å². The molecule has 1 saturated heterocycles. The molecule has 1 atom stereocenters. The van der Waals surface area contributed by atoms with Crippen LogP contribution in [0.4, 0.5) is 0 Å². The lowest BCUT2D eigenvalue weighted by atomic mass is 10.0. The summed E-state index contributed by atoms with van der Waals surface area (Å²) in [6.45, 7) is 4.56. The topological polar surface area (TPSA) is 39.7 Å². The van der Waals surface area contributed by atoms with Crippen LogP contribution < -0.4 is 10.1 Å². The van der Waals surface area contributed by atoms with Crippen LogP contribution in [0.2, 0.25) is 0 Å². The smallest absolute Gasteiger partial charge is 0.159 e. The number of nitrogens with one attached hydrogen (secondary N) is 1. The molecule has 20 heavy (non-hydrogen) atoms. The molecule has 0 aliphatic carbocycles. The summed E-state index contributed by atoms with van der Waals surface area (Å²) in [5, 5.41) is 3.52. The van der Waals surface area contributed by atoms with Gasteiger partial charge in [-0.1, -0.05) is 19.1 Å². The third-order valence-electron chi connectivity index (χ3n) is 3.60. The first kappa shape index (κ1) is 15.3. The van der Waals surface area contributed by atoms with Crippen molar-refractivity contribution in [3.63, 3.8) is 0 Å². The van der Waals surface area contributed by atoms with Gasteiger partial charge in [-0.15, -0.1) is 0 Å². The van der Waals surface area contributed by atoms with Crippen LogP contribution in [0.3, 0.4) is 0 Å². The Hall–Kier alpha value is -1.10. The molecule has 1 unspecified atom stereocenters. The maximum absolute atomic E-state index is 5.53. The first-order valence-electron chi connectivity index (χ1n) is 7.41. The van der Waals surface area contributed by atoms with E-state index in [1.165, 1.54) is 5.56 Å². The predicted molar refractivity (Wildman–Crippen MR) is 79.1 cm³/mol. The minimum absolute atomic E-state index is 0.0325. The highest BCUT2D eigenvalue weighted by molar-refractivity contribution is 5.27. The number of rotatable bonds is 8. The van der Waals surface area contributed by atoms with Gasteiger partial charge in [0, 0.05) is 12.5 Å². The molecule has 0 spiro atoms. The summed E-state index contributed by atoms with van der Waals surface area (Å²) >= 11 is 0. The summed E-state index contributed by atoms with van der Waals surface area (Å²) in [6, 6.07) is 8.72. The van der Waals surface area contributed by atoms with Crippen LogP contribution >= 0.6 is 0 Å². The second-order valence-corrected chi connectivity index (χ2v) is 5.05. The fraction of sp³-hybridized carbons (Fsp3) is 0.625. The lowest BCUT2D eigenvalue weighted by Gasteiger charge is -2.20. The molecule has 1 aliphatic rings. The molecule has 1 aromatic rings. The Morgan fingerprint density at radius 3 is 2.55 bits per heavy atom. The van der Waals surface area contributed by atoms with Crippen molar-refractivity contribution in [2.45, 2.75) is 38.5 Å². The molecule has 1 aromatic carbocycles. The van der Waals surface area contributed by atoms with Crippen molar-refractivity contribution in [3.05, 3.63) is 29.8 Å². The molecule has 1 N–H and O–H groups in total. The Morgan fingerprint density at radius 1 is 1.25 bits per heavy atom. The van der Waals surface area contributed by atoms with Gasteiger partial charge < -0.3 is 19.5 Å². The number of benzene rings is 1. The van der Waals surface area contributed by atoms with E-state index in [9.17, 15) is 0 Å². The Labute approximate surface area is 121 Å². The van der Waals surface area contributed by atoms with Gasteiger partial charge in [-0.25, -0.2) is 0 Å². The maximum atomic E-state index is 5.53. The number of methoxy groups -OCH3 is 1. The fourth-order valence-corrected chi connectivity index (χ4v) is 2.50. The van der Waals surface area contributed by atoms with Crippen molar-refractivity contribution in [3.8, 4) is 5.75 Å². The van der Waals surface area contributed by atoms with Crippen LogP contribution in [-0.2, 0) is 15.9 Å². The molecule has 1 aliphatic heterocycles. The van der Waals surface area contributed by atoms with E-state index in [0.29, 0.717) is 6.04 Å². The van der Waals surface area contributed by atoms with Crippen molar-refractivity contribution in [1.29, 1.82) is 0 Å². The van der Waals surface area contributed by atoms with Gasteiger partial charge in [0.1, 0.15) is 5.75 Å². The van der Waals surface area contributed by atoms with E-state index in [2.05, 4.69) is 24.4 Å². The van der Waals surface area contributed by atoms with Crippen LogP contribution in [0.15, 0.2) is 24.3 Å². The summed E-state index contributed by atoms with van der Waals surface area (Å²) in [5.74, 6) is 0.907. The van der Waals surface area contributed by atoms with Crippen LogP contribution in [0.1, 0.15) is 25.3 Å². The predicted octanol–water partition coefficient (Wildman–Crippen LogP) is 2.37. The number of hydrogen-bond donors (Lipinski definition) is 1. The van der Waals surface area contributed by atoms with E-state index in [4.69, 9.17) is 14.2 Å². The van der Waals surface area contributed by atoms with Gasteiger partial charge in [0.15, 0.2) is 6.29 Å². The molecule has 1 fully saturated rings. The van der Waals surface area contributed by atoms with E-state index in [-0.39, 0.29) is 6.29 Å². The summed E-state index contributed by atoms with van der Waals surface area (Å²) in [6.07, 6.45) is 3.02. The summed E-state index contributed by atoms with van der Waals surface area (Å²) < 4.78 is 16.2. The summed E-state index contributed by atoms with van der Waals surface area (Å²) in [4.78, 5) is 0. The normalized spacial score (nSPS) is 17.3. The Morgan fingerprint density at radius 2 is 1.95 bits per heavy atom. The molecule has 0 bridgehead atoms. The number of ether oxygens (including phenoxy) is 3. The van der Waals surface area contributed by atoms with Crippen molar-refractivity contribution in [2.75, 3.05) is 26.9 Å². The minimum atomic E-state index is -0.0325. The average Bonchev–Trinajstić information content (AvgIpc) is 2.98. The molecule has 0 aromatic heterocycles. The largest absolute Gasteiger partial charge is 0.497 e. The van der Waals surface area contributed by atoms with E-state index < -0.39 is 0 Å². The van der Waals surface area contributed by atoms with Gasteiger partial charge in [-0.3, -0.25) is 0 Å². The molecule has 0 saturated carbocycles. The standard InChI is InChI=1S/C16H25NO3/c1-3-17-14(12-16-19-10-11-20-16)7-4-13-5-8-15(18-2)9-6-13/h5-6,8-9,14,16-17H,3-4,7,10-12H2,1-2H3. The zero-order valence-corrected chi connectivity index (χ0v) is 12.4. The van der Waals surface area contributed by atoms with E-state index in [1.807, 2.05) is 12.1 Å². The molecule has 1 heterocycles. The highest BCUT2D eigenvalue weighted by Gasteiger charge is 2.20.